The maximum absolute atomic E-state index is 13.6. The molecule has 0 radical (unpaired) electrons. The van der Waals surface area contributed by atoms with Crippen LogP contribution < -0.4 is 0 Å². The third-order valence-corrected chi connectivity index (χ3v) is 5.79. The highest BCUT2D eigenvalue weighted by molar-refractivity contribution is 7.10. The molecular formula is C20H15F3N2O3S. The lowest BCUT2D eigenvalue weighted by Gasteiger charge is -2.26. The highest BCUT2D eigenvalue weighted by atomic mass is 32.1. The van der Waals surface area contributed by atoms with Crippen LogP contribution in [0.5, 0.6) is 0 Å². The van der Waals surface area contributed by atoms with E-state index in [1.165, 1.54) is 28.0 Å². The number of para-hydroxylation sites is 1. The van der Waals surface area contributed by atoms with Crippen LogP contribution in [-0.2, 0) is 28.7 Å². The minimum Gasteiger partial charge on any atom is -0.452 e. The molecule has 1 amide bonds. The molecule has 1 aromatic carbocycles. The van der Waals surface area contributed by atoms with Crippen molar-refractivity contribution < 1.29 is 27.5 Å². The lowest BCUT2D eigenvalue weighted by Crippen LogP contribution is -2.38. The van der Waals surface area contributed by atoms with E-state index >= 15 is 0 Å². The second-order valence-electron chi connectivity index (χ2n) is 6.57. The molecule has 0 spiro atoms. The van der Waals surface area contributed by atoms with Gasteiger partial charge in [-0.15, -0.1) is 11.3 Å². The fraction of sp³-hybridized carbons (Fsp3) is 0.250. The first-order valence-corrected chi connectivity index (χ1v) is 9.67. The molecule has 3 heterocycles. The number of benzene rings is 1. The number of nitrogens with zero attached hydrogens (tertiary/aromatic N) is 2. The first-order valence-electron chi connectivity index (χ1n) is 8.79. The molecule has 3 aromatic rings. The number of esters is 1. The maximum Gasteiger partial charge on any atom is 0.417 e. The molecule has 0 N–H and O–H groups in total. The van der Waals surface area contributed by atoms with Gasteiger partial charge in [0.2, 0.25) is 0 Å². The molecule has 0 bridgehead atoms. The zero-order chi connectivity index (χ0) is 20.6. The standard InChI is InChI=1S/C20H15F3N2O3S/c21-20(22,23)18-13-3-1-2-4-15(13)24-9-14(18)19(27)28-11-17(26)25-7-5-16-12(10-25)6-8-29-16/h1-4,6,8-9H,5,7,10-11H2. The number of hydrogen-bond donors (Lipinski definition) is 0. The van der Waals surface area contributed by atoms with Crippen LogP contribution in [0.3, 0.4) is 0 Å². The van der Waals surface area contributed by atoms with Crippen molar-refractivity contribution in [3.05, 3.63) is 63.5 Å². The van der Waals surface area contributed by atoms with Crippen LogP contribution in [0.4, 0.5) is 13.2 Å². The molecule has 1 aliphatic heterocycles. The van der Waals surface area contributed by atoms with Gasteiger partial charge < -0.3 is 9.64 Å². The maximum atomic E-state index is 13.6. The molecule has 0 atom stereocenters. The zero-order valence-corrected chi connectivity index (χ0v) is 15.8. The number of hydrogen-bond acceptors (Lipinski definition) is 5. The lowest BCUT2D eigenvalue weighted by atomic mass is 10.0. The van der Waals surface area contributed by atoms with Crippen LogP contribution >= 0.6 is 11.3 Å². The van der Waals surface area contributed by atoms with Gasteiger partial charge in [-0.2, -0.15) is 13.2 Å². The zero-order valence-electron chi connectivity index (χ0n) is 15.0. The SMILES string of the molecule is O=C(OCC(=O)N1CCc2sccc2C1)c1cnc2ccccc2c1C(F)(F)F. The number of rotatable bonds is 3. The van der Waals surface area contributed by atoms with E-state index in [0.29, 0.717) is 19.5 Å². The third-order valence-electron chi connectivity index (χ3n) is 4.77. The number of fused-ring (bicyclic) bond motifs is 2. The van der Waals surface area contributed by atoms with E-state index in [0.717, 1.165) is 11.8 Å². The van der Waals surface area contributed by atoms with Gasteiger partial charge in [-0.1, -0.05) is 18.2 Å². The molecule has 2 aromatic heterocycles. The topological polar surface area (TPSA) is 59.5 Å². The number of halogens is 3. The largest absolute Gasteiger partial charge is 0.452 e. The minimum absolute atomic E-state index is 0.118. The number of carbonyl (C=O) groups is 2. The first-order chi connectivity index (χ1) is 13.8. The van der Waals surface area contributed by atoms with Crippen LogP contribution in [0.1, 0.15) is 26.4 Å². The second-order valence-corrected chi connectivity index (χ2v) is 7.57. The Hall–Kier alpha value is -2.94. The second kappa shape index (κ2) is 7.47. The van der Waals surface area contributed by atoms with Gasteiger partial charge in [0.15, 0.2) is 6.61 Å². The molecule has 0 fully saturated rings. The van der Waals surface area contributed by atoms with E-state index in [1.807, 2.05) is 11.4 Å². The number of aromatic nitrogens is 1. The smallest absolute Gasteiger partial charge is 0.417 e. The van der Waals surface area contributed by atoms with Crippen molar-refractivity contribution in [2.75, 3.05) is 13.2 Å². The molecule has 29 heavy (non-hydrogen) atoms. The van der Waals surface area contributed by atoms with E-state index in [-0.39, 0.29) is 10.9 Å². The molecule has 0 saturated carbocycles. The van der Waals surface area contributed by atoms with Crippen molar-refractivity contribution in [3.8, 4) is 0 Å². The normalized spacial score (nSPS) is 14.0. The lowest BCUT2D eigenvalue weighted by molar-refractivity contribution is -0.137. The number of thiophene rings is 1. The summed E-state index contributed by atoms with van der Waals surface area (Å²) in [6, 6.07) is 7.61. The summed E-state index contributed by atoms with van der Waals surface area (Å²) in [6.45, 7) is 0.262. The fourth-order valence-electron chi connectivity index (χ4n) is 3.36. The summed E-state index contributed by atoms with van der Waals surface area (Å²) in [6.07, 6.45) is -3.22. The molecule has 0 saturated heterocycles. The number of carbonyl (C=O) groups excluding carboxylic acids is 2. The first kappa shape index (κ1) is 19.4. The molecule has 1 aliphatic rings. The number of pyridine rings is 1. The van der Waals surface area contributed by atoms with E-state index < -0.39 is 35.8 Å². The van der Waals surface area contributed by atoms with E-state index in [4.69, 9.17) is 4.74 Å². The fourth-order valence-corrected chi connectivity index (χ4v) is 4.25. The highest BCUT2D eigenvalue weighted by Gasteiger charge is 2.38. The van der Waals surface area contributed by atoms with Gasteiger partial charge in [-0.3, -0.25) is 9.78 Å². The highest BCUT2D eigenvalue weighted by Crippen LogP contribution is 2.37. The van der Waals surface area contributed by atoms with E-state index in [1.54, 1.807) is 17.4 Å². The van der Waals surface area contributed by atoms with Gasteiger partial charge in [0.05, 0.1) is 16.6 Å². The van der Waals surface area contributed by atoms with Gasteiger partial charge in [0.25, 0.3) is 5.91 Å². The Balaban J connectivity index is 1.52. The van der Waals surface area contributed by atoms with E-state index in [9.17, 15) is 22.8 Å². The van der Waals surface area contributed by atoms with Crippen LogP contribution in [0, 0.1) is 0 Å². The van der Waals surface area contributed by atoms with Crippen molar-refractivity contribution in [1.82, 2.24) is 9.88 Å². The predicted octanol–water partition coefficient (Wildman–Crippen LogP) is 4.06. The Morgan fingerprint density at radius 2 is 2.00 bits per heavy atom. The third kappa shape index (κ3) is 3.82. The molecular weight excluding hydrogens is 405 g/mol. The van der Waals surface area contributed by atoms with Crippen molar-refractivity contribution in [3.63, 3.8) is 0 Å². The Morgan fingerprint density at radius 1 is 1.21 bits per heavy atom. The molecule has 5 nitrogen and oxygen atoms in total. The summed E-state index contributed by atoms with van der Waals surface area (Å²) in [5.74, 6) is -1.67. The summed E-state index contributed by atoms with van der Waals surface area (Å²) in [5.41, 5.74) is -0.657. The summed E-state index contributed by atoms with van der Waals surface area (Å²) < 4.78 is 45.8. The molecule has 4 rings (SSSR count). The predicted molar refractivity (Wildman–Crippen MR) is 100 cm³/mol. The Kier molecular flexibility index (Phi) is 4.99. The van der Waals surface area contributed by atoms with Crippen molar-refractivity contribution in [1.29, 1.82) is 0 Å². The quantitative estimate of drug-likeness (QED) is 0.600. The number of amides is 1. The van der Waals surface area contributed by atoms with Gasteiger partial charge in [0.1, 0.15) is 0 Å². The average Bonchev–Trinajstić information content (AvgIpc) is 3.18. The van der Waals surface area contributed by atoms with Gasteiger partial charge in [-0.05, 0) is 29.5 Å². The molecule has 0 unspecified atom stereocenters. The Bertz CT molecular complexity index is 1090. The monoisotopic (exact) mass is 420 g/mol. The van der Waals surface area contributed by atoms with Gasteiger partial charge in [-0.25, -0.2) is 4.79 Å². The summed E-state index contributed by atoms with van der Waals surface area (Å²) in [5, 5.41) is 1.76. The van der Waals surface area contributed by atoms with E-state index in [2.05, 4.69) is 4.98 Å². The van der Waals surface area contributed by atoms with Gasteiger partial charge >= 0.3 is 12.1 Å². The minimum atomic E-state index is -4.77. The van der Waals surface area contributed by atoms with Gasteiger partial charge in [0, 0.05) is 29.5 Å². The number of alkyl halides is 3. The summed E-state index contributed by atoms with van der Waals surface area (Å²) in [7, 11) is 0. The van der Waals surface area contributed by atoms with Crippen LogP contribution in [0.15, 0.2) is 41.9 Å². The van der Waals surface area contributed by atoms with Crippen LogP contribution in [0.25, 0.3) is 10.9 Å². The average molecular weight is 420 g/mol. The molecule has 9 heteroatoms. The van der Waals surface area contributed by atoms with Crippen LogP contribution in [-0.4, -0.2) is 34.9 Å². The summed E-state index contributed by atoms with van der Waals surface area (Å²) in [4.78, 5) is 31.4. The number of ether oxygens (including phenoxy) is 1. The van der Waals surface area contributed by atoms with Crippen LogP contribution in [0.2, 0.25) is 0 Å². The Labute approximate surface area is 167 Å². The Morgan fingerprint density at radius 3 is 2.79 bits per heavy atom. The molecule has 0 aliphatic carbocycles. The van der Waals surface area contributed by atoms with Crippen molar-refractivity contribution in [2.45, 2.75) is 19.1 Å². The van der Waals surface area contributed by atoms with Crippen molar-refractivity contribution in [2.24, 2.45) is 0 Å². The summed E-state index contributed by atoms with van der Waals surface area (Å²) >= 11 is 1.62. The van der Waals surface area contributed by atoms with Crippen molar-refractivity contribution >= 4 is 34.1 Å². The molecule has 150 valence electrons.